The topological polar surface area (TPSA) is 209 Å². The third-order valence-electron chi connectivity index (χ3n) is 10.8. The number of esters is 2. The van der Waals surface area contributed by atoms with Gasteiger partial charge in [0.2, 0.25) is 5.91 Å². The Kier molecular flexibility index (Phi) is 14.2. The Morgan fingerprint density at radius 1 is 1.09 bits per heavy atom. The van der Waals surface area contributed by atoms with E-state index in [-0.39, 0.29) is 112 Å². The van der Waals surface area contributed by atoms with Crippen molar-refractivity contribution in [2.75, 3.05) is 6.61 Å². The quantitative estimate of drug-likeness (QED) is 0.138. The van der Waals surface area contributed by atoms with Gasteiger partial charge in [-0.1, -0.05) is 33.6 Å². The van der Waals surface area contributed by atoms with Crippen molar-refractivity contribution in [1.29, 1.82) is 0 Å². The van der Waals surface area contributed by atoms with Crippen molar-refractivity contribution in [1.82, 2.24) is 5.32 Å². The van der Waals surface area contributed by atoms with Crippen molar-refractivity contribution < 1.29 is 147 Å². The number of hydrogen-bond acceptors (Lipinski definition) is 12. The molecule has 0 aromatic rings. The number of nitrogens with one attached hydrogen (secondary N) is 1. The molecule has 3 aliphatic carbocycles. The van der Waals surface area contributed by atoms with Crippen molar-refractivity contribution in [3.63, 3.8) is 0 Å². The number of rotatable bonds is 8. The van der Waals surface area contributed by atoms with Gasteiger partial charge in [-0.15, -0.1) is 0 Å². The molecule has 1 heterocycles. The molecule has 6 N–H and O–H groups in total. The van der Waals surface area contributed by atoms with Gasteiger partial charge in [-0.25, -0.2) is 4.79 Å². The molecule has 1 amide bonds. The number of aliphatic hydroxyl groups excluding tert-OH is 3. The van der Waals surface area contributed by atoms with E-state index in [2.05, 4.69) is 5.32 Å². The molecular formula is C31H47Ac2NO12. The fourth-order valence-corrected chi connectivity index (χ4v) is 8.17. The molecule has 4 aliphatic rings. The SMILES string of the molecule is CCCC[C@H](NC(C)=O)[C@@H](O)C(=O)O[C@H]1C[C@@]2(O)[C@@H](OC(C)=O)[C@@H]3[C@]4(O)CO[C@@H]4C[C@H](O)[C@@]3(C)C(=O)[C@H](O)C(=C1C)C2(C)C.[Ac].[Ac]. The Bertz CT molecular complexity index is 1240. The summed E-state index contributed by atoms with van der Waals surface area (Å²) in [6.07, 6.45) is -7.86. The summed E-state index contributed by atoms with van der Waals surface area (Å²) in [6, 6.07) is -0.948. The summed E-state index contributed by atoms with van der Waals surface area (Å²) < 4.78 is 17.1. The largest absolute Gasteiger partial charge is 0.459 e. The van der Waals surface area contributed by atoms with Gasteiger partial charge in [0.1, 0.15) is 29.5 Å². The van der Waals surface area contributed by atoms with Crippen molar-refractivity contribution in [3.05, 3.63) is 11.1 Å². The molecule has 0 spiro atoms. The van der Waals surface area contributed by atoms with E-state index in [1.165, 1.54) is 20.8 Å². The van der Waals surface area contributed by atoms with E-state index >= 15 is 0 Å². The van der Waals surface area contributed by atoms with Crippen LogP contribution in [0.3, 0.4) is 0 Å². The van der Waals surface area contributed by atoms with Crippen molar-refractivity contribution >= 4 is 23.6 Å². The Morgan fingerprint density at radius 2 is 1.70 bits per heavy atom. The van der Waals surface area contributed by atoms with Crippen LogP contribution in [0, 0.1) is 105 Å². The zero-order valence-electron chi connectivity index (χ0n) is 27.6. The van der Waals surface area contributed by atoms with E-state index in [0.717, 1.165) is 13.3 Å². The number of ketones is 1. The number of unbranched alkanes of at least 4 members (excludes halogenated alkanes) is 1. The van der Waals surface area contributed by atoms with E-state index in [1.54, 1.807) is 13.8 Å². The number of amides is 1. The summed E-state index contributed by atoms with van der Waals surface area (Å²) in [5.74, 6) is -4.66. The molecule has 11 atom stereocenters. The molecule has 2 saturated carbocycles. The van der Waals surface area contributed by atoms with Gasteiger partial charge in [-0.05, 0) is 31.4 Å². The summed E-state index contributed by atoms with van der Waals surface area (Å²) in [5.41, 5.74) is -7.11. The van der Waals surface area contributed by atoms with Crippen molar-refractivity contribution in [2.45, 2.75) is 134 Å². The van der Waals surface area contributed by atoms with E-state index < -0.39 is 101 Å². The standard InChI is InChI=1S/C31H47NO12.2Ac/c1-8-9-10-17(32-15(3)33)22(36)27(39)44-18-12-31(41)26(43-16(4)34)24-29(7,19(35)11-20-30(24,40)13-42-20)25(38)23(37)21(14(18)2)28(31,5)6;;/h17-20,22-24,26,35-37,40-41H,8-13H2,1-7H3,(H,32,33);;/t17-,18-,19-,20+,22+,23+,24-,26-,29+,30-,31+;;/m0../s1. The van der Waals surface area contributed by atoms with Crippen LogP contribution in [0.2, 0.25) is 0 Å². The van der Waals surface area contributed by atoms with Gasteiger partial charge in [0.25, 0.3) is 0 Å². The van der Waals surface area contributed by atoms with Crippen LogP contribution in [0.25, 0.3) is 0 Å². The molecule has 0 unspecified atom stereocenters. The molecule has 4 rings (SSSR count). The summed E-state index contributed by atoms with van der Waals surface area (Å²) in [7, 11) is 0. The molecule has 1 aliphatic heterocycles. The number of carbonyl (C=O) groups is 4. The van der Waals surface area contributed by atoms with Crippen LogP contribution < -0.4 is 5.32 Å². The molecule has 254 valence electrons. The number of aliphatic hydroxyl groups is 5. The number of fused-ring (bicyclic) bond motifs is 5. The minimum Gasteiger partial charge on any atom is -0.459 e. The van der Waals surface area contributed by atoms with Crippen LogP contribution in [0.15, 0.2) is 11.1 Å². The zero-order valence-corrected chi connectivity index (χ0v) is 37.1. The normalized spacial score (nSPS) is 38.9. The van der Waals surface area contributed by atoms with Gasteiger partial charge in [0.15, 0.2) is 11.9 Å². The fraction of sp³-hybridized carbons (Fsp3) is 0.806. The molecule has 3 fully saturated rings. The molecule has 1 saturated heterocycles. The Labute approximate surface area is 341 Å². The van der Waals surface area contributed by atoms with Crippen LogP contribution in [0.5, 0.6) is 0 Å². The van der Waals surface area contributed by atoms with Gasteiger partial charge in [-0.3, -0.25) is 14.4 Å². The number of hydrogen-bond donors (Lipinski definition) is 6. The van der Waals surface area contributed by atoms with Crippen molar-refractivity contribution in [3.8, 4) is 0 Å². The first-order chi connectivity index (χ1) is 20.3. The first-order valence-corrected chi connectivity index (χ1v) is 15.3. The third kappa shape index (κ3) is 6.88. The third-order valence-corrected chi connectivity index (χ3v) is 10.8. The second kappa shape index (κ2) is 15.4. The van der Waals surface area contributed by atoms with Crippen LogP contribution in [0.1, 0.15) is 80.6 Å². The Morgan fingerprint density at radius 3 is 2.20 bits per heavy atom. The molecule has 46 heavy (non-hydrogen) atoms. The monoisotopic (exact) mass is 1080 g/mol. The second-order valence-electron chi connectivity index (χ2n) is 13.8. The van der Waals surface area contributed by atoms with Gasteiger partial charge >= 0.3 is 11.9 Å². The first kappa shape index (κ1) is 42.6. The minimum atomic E-state index is -2.18. The first-order valence-electron chi connectivity index (χ1n) is 15.3. The van der Waals surface area contributed by atoms with E-state index in [9.17, 15) is 44.7 Å². The van der Waals surface area contributed by atoms with Gasteiger partial charge < -0.3 is 45.1 Å². The van der Waals surface area contributed by atoms with Crippen LogP contribution in [0.4, 0.5) is 0 Å². The maximum Gasteiger partial charge on any atom is 0.337 e. The Hall–Kier alpha value is 0.463. The molecule has 2 radical (unpaired) electrons. The zero-order chi connectivity index (χ0) is 33.2. The van der Waals surface area contributed by atoms with Gasteiger partial charge in [-0.2, -0.15) is 0 Å². The maximum atomic E-state index is 14.3. The minimum absolute atomic E-state index is 0. The fourth-order valence-electron chi connectivity index (χ4n) is 8.17. The van der Waals surface area contributed by atoms with Crippen LogP contribution in [-0.4, -0.2) is 110 Å². The van der Waals surface area contributed by atoms with Gasteiger partial charge in [0, 0.05) is 126 Å². The smallest absolute Gasteiger partial charge is 0.337 e. The van der Waals surface area contributed by atoms with Crippen molar-refractivity contribution in [2.24, 2.45) is 16.7 Å². The summed E-state index contributed by atoms with van der Waals surface area (Å²) in [5, 5.41) is 61.1. The number of Topliss-reactive ketones (excluding diaryl/α,β-unsaturated/α-hetero) is 1. The molecule has 13 nitrogen and oxygen atoms in total. The predicted octanol–water partition coefficient (Wildman–Crippen LogP) is -0.176. The maximum absolute atomic E-state index is 14.3. The molecule has 2 bridgehead atoms. The average Bonchev–Trinajstić information content (AvgIpc) is 2.92. The number of ether oxygens (including phenoxy) is 3. The van der Waals surface area contributed by atoms with Crippen LogP contribution in [-0.2, 0) is 33.4 Å². The Balaban J connectivity index is 0.00000368. The van der Waals surface area contributed by atoms with E-state index in [1.807, 2.05) is 6.92 Å². The predicted molar refractivity (Wildman–Crippen MR) is 153 cm³/mol. The molecular weight excluding hydrogens is 1030 g/mol. The average molecular weight is 1080 g/mol. The summed E-state index contributed by atoms with van der Waals surface area (Å²) >= 11 is 0. The molecule has 0 aromatic heterocycles. The summed E-state index contributed by atoms with van der Waals surface area (Å²) in [6.45, 7) is 10.0. The number of carbonyl (C=O) groups excluding carboxylic acids is 4. The second-order valence-corrected chi connectivity index (χ2v) is 13.8. The van der Waals surface area contributed by atoms with E-state index in [4.69, 9.17) is 14.2 Å². The van der Waals surface area contributed by atoms with Gasteiger partial charge in [0.05, 0.1) is 30.3 Å². The molecule has 15 heteroatoms. The summed E-state index contributed by atoms with van der Waals surface area (Å²) in [4.78, 5) is 52.0. The van der Waals surface area contributed by atoms with E-state index in [0.29, 0.717) is 12.8 Å². The van der Waals surface area contributed by atoms with Crippen LogP contribution >= 0.6 is 0 Å². The molecule has 0 aromatic carbocycles.